The molecule has 0 saturated heterocycles. The molecule has 2 rings (SSSR count). The third-order valence-corrected chi connectivity index (χ3v) is 4.53. The molecular weight excluding hydrogens is 314 g/mol. The van der Waals surface area contributed by atoms with E-state index in [4.69, 9.17) is 9.47 Å². The van der Waals surface area contributed by atoms with Gasteiger partial charge in [-0.15, -0.1) is 0 Å². The van der Waals surface area contributed by atoms with Gasteiger partial charge in [-0.2, -0.15) is 0 Å². The van der Waals surface area contributed by atoms with Gasteiger partial charge in [0.1, 0.15) is 12.4 Å². The Morgan fingerprint density at radius 2 is 1.70 bits per heavy atom. The Hall–Kier alpha value is -2.05. The second kappa shape index (κ2) is 7.99. The molecule has 0 aliphatic rings. The monoisotopic (exact) mass is 335 g/mol. The number of hydrogen-bond acceptors (Lipinski definition) is 4. The fraction of sp³-hybridized carbons (Fsp3) is 0.294. The van der Waals surface area contributed by atoms with E-state index in [-0.39, 0.29) is 5.75 Å². The molecule has 0 fully saturated rings. The Balaban J connectivity index is 1.99. The summed E-state index contributed by atoms with van der Waals surface area (Å²) in [5.41, 5.74) is 2.26. The highest BCUT2D eigenvalue weighted by atomic mass is 32.2. The normalized spacial score (nSPS) is 11.2. The molecule has 0 heterocycles. The van der Waals surface area contributed by atoms with Crippen molar-refractivity contribution in [3.63, 3.8) is 0 Å². The predicted molar refractivity (Wildman–Crippen MR) is 91.2 cm³/mol. The summed E-state index contributed by atoms with van der Waals surface area (Å²) in [6.07, 6.45) is 0. The minimum Gasteiger partial charge on any atom is -0.491 e. The lowest BCUT2D eigenvalue weighted by molar-refractivity contribution is 0.146. The molecule has 2 aromatic carbocycles. The quantitative estimate of drug-likeness (QED) is 0.753. The van der Waals surface area contributed by atoms with Gasteiger partial charge in [0.05, 0.1) is 12.4 Å². The van der Waals surface area contributed by atoms with Crippen LogP contribution in [0.5, 0.6) is 5.75 Å². The molecule has 0 aliphatic carbocycles. The van der Waals surface area contributed by atoms with Crippen LogP contribution in [0.15, 0.2) is 48.5 Å². The largest absolute Gasteiger partial charge is 0.491 e. The lowest BCUT2D eigenvalue weighted by Gasteiger charge is -2.11. The molecule has 0 aromatic heterocycles. The molecule has 0 radical (unpaired) electrons. The Bertz CT molecular complexity index is 727. The van der Waals surface area contributed by atoms with Gasteiger partial charge in [0.2, 0.25) is 10.0 Å². The first-order valence-corrected chi connectivity index (χ1v) is 8.92. The van der Waals surface area contributed by atoms with Crippen molar-refractivity contribution in [1.82, 2.24) is 0 Å². The van der Waals surface area contributed by atoms with Gasteiger partial charge >= 0.3 is 0 Å². The molecular formula is C17H21NO4S. The number of rotatable bonds is 8. The summed E-state index contributed by atoms with van der Waals surface area (Å²) in [5, 5.41) is 0. The molecule has 0 amide bonds. The van der Waals surface area contributed by atoms with Crippen LogP contribution in [-0.2, 0) is 20.5 Å². The van der Waals surface area contributed by atoms with Crippen LogP contribution in [0, 0.1) is 6.92 Å². The van der Waals surface area contributed by atoms with Gasteiger partial charge in [-0.1, -0.05) is 24.3 Å². The number of benzene rings is 2. The highest BCUT2D eigenvalue weighted by molar-refractivity contribution is 7.91. The zero-order valence-electron chi connectivity index (χ0n) is 13.3. The molecule has 5 nitrogen and oxygen atoms in total. The summed E-state index contributed by atoms with van der Waals surface area (Å²) in [6.45, 7) is 2.86. The lowest BCUT2D eigenvalue weighted by Crippen LogP contribution is -2.15. The van der Waals surface area contributed by atoms with Crippen LogP contribution >= 0.6 is 0 Å². The van der Waals surface area contributed by atoms with Gasteiger partial charge in [0.15, 0.2) is 0 Å². The molecule has 1 N–H and O–H groups in total. The topological polar surface area (TPSA) is 64.6 Å². The van der Waals surface area contributed by atoms with E-state index < -0.39 is 10.0 Å². The van der Waals surface area contributed by atoms with Crippen molar-refractivity contribution in [3.05, 3.63) is 59.7 Å². The van der Waals surface area contributed by atoms with E-state index in [1.165, 1.54) is 0 Å². The van der Waals surface area contributed by atoms with Gasteiger partial charge in [0, 0.05) is 12.8 Å². The average Bonchev–Trinajstić information content (AvgIpc) is 2.51. The van der Waals surface area contributed by atoms with Crippen molar-refractivity contribution >= 4 is 15.7 Å². The molecule has 0 unspecified atom stereocenters. The maximum atomic E-state index is 12.3. The van der Waals surface area contributed by atoms with Crippen molar-refractivity contribution in [1.29, 1.82) is 0 Å². The smallest absolute Gasteiger partial charge is 0.236 e. The molecule has 124 valence electrons. The third kappa shape index (κ3) is 5.58. The number of hydrogen-bond donors (Lipinski definition) is 1. The number of sulfonamides is 1. The van der Waals surface area contributed by atoms with Crippen LogP contribution in [0.1, 0.15) is 11.1 Å². The molecule has 2 aromatic rings. The van der Waals surface area contributed by atoms with E-state index in [1.807, 2.05) is 31.2 Å². The minimum atomic E-state index is -3.45. The van der Waals surface area contributed by atoms with E-state index in [0.717, 1.165) is 11.1 Å². The molecule has 0 aliphatic heterocycles. The summed E-state index contributed by atoms with van der Waals surface area (Å²) in [4.78, 5) is 0. The highest BCUT2D eigenvalue weighted by Gasteiger charge is 2.13. The number of methoxy groups -OCH3 is 1. The standard InChI is InChI=1S/C17H21NO4S/c1-14-5-3-4-6-15(14)13-23(19,20)18-16-7-9-17(10-8-16)22-12-11-21-2/h3-10,18H,11-13H2,1-2H3. The zero-order chi connectivity index (χ0) is 16.7. The summed E-state index contributed by atoms with van der Waals surface area (Å²) < 4.78 is 37.4. The number of ether oxygens (including phenoxy) is 2. The van der Waals surface area contributed by atoms with Crippen LogP contribution in [-0.4, -0.2) is 28.7 Å². The Labute approximate surface area is 137 Å². The van der Waals surface area contributed by atoms with Gasteiger partial charge in [-0.3, -0.25) is 4.72 Å². The Morgan fingerprint density at radius 3 is 2.35 bits per heavy atom. The Kier molecular flexibility index (Phi) is 6.01. The van der Waals surface area contributed by atoms with Gasteiger partial charge in [-0.25, -0.2) is 8.42 Å². The summed E-state index contributed by atoms with van der Waals surface area (Å²) in [7, 11) is -1.85. The van der Waals surface area contributed by atoms with Gasteiger partial charge in [-0.05, 0) is 42.3 Å². The van der Waals surface area contributed by atoms with Crippen LogP contribution in [0.3, 0.4) is 0 Å². The van der Waals surface area contributed by atoms with Crippen molar-refractivity contribution in [2.24, 2.45) is 0 Å². The molecule has 0 saturated carbocycles. The zero-order valence-corrected chi connectivity index (χ0v) is 14.1. The van der Waals surface area contributed by atoms with E-state index in [9.17, 15) is 8.42 Å². The van der Waals surface area contributed by atoms with Crippen LogP contribution in [0.4, 0.5) is 5.69 Å². The first-order chi connectivity index (χ1) is 11.0. The first-order valence-electron chi connectivity index (χ1n) is 7.27. The highest BCUT2D eigenvalue weighted by Crippen LogP contribution is 2.18. The maximum absolute atomic E-state index is 12.3. The number of aryl methyl sites for hydroxylation is 1. The molecule has 23 heavy (non-hydrogen) atoms. The van der Waals surface area contributed by atoms with Crippen molar-refractivity contribution in [3.8, 4) is 5.75 Å². The van der Waals surface area contributed by atoms with Crippen LogP contribution < -0.4 is 9.46 Å². The van der Waals surface area contributed by atoms with Gasteiger partial charge in [0.25, 0.3) is 0 Å². The van der Waals surface area contributed by atoms with Crippen molar-refractivity contribution in [2.75, 3.05) is 25.0 Å². The molecule has 6 heteroatoms. The van der Waals surface area contributed by atoms with Crippen molar-refractivity contribution in [2.45, 2.75) is 12.7 Å². The van der Waals surface area contributed by atoms with E-state index in [0.29, 0.717) is 24.7 Å². The fourth-order valence-corrected chi connectivity index (χ4v) is 3.36. The fourth-order valence-electron chi connectivity index (χ4n) is 2.05. The van der Waals surface area contributed by atoms with Crippen molar-refractivity contribution < 1.29 is 17.9 Å². The maximum Gasteiger partial charge on any atom is 0.236 e. The number of nitrogens with one attached hydrogen (secondary N) is 1. The van der Waals surface area contributed by atoms with Crippen LogP contribution in [0.25, 0.3) is 0 Å². The lowest BCUT2D eigenvalue weighted by atomic mass is 10.1. The Morgan fingerprint density at radius 1 is 1.00 bits per heavy atom. The van der Waals surface area contributed by atoms with Gasteiger partial charge < -0.3 is 9.47 Å². The molecule has 0 atom stereocenters. The minimum absolute atomic E-state index is 0.0498. The first kappa shape index (κ1) is 17.3. The second-order valence-electron chi connectivity index (χ2n) is 5.15. The second-order valence-corrected chi connectivity index (χ2v) is 6.88. The summed E-state index contributed by atoms with van der Waals surface area (Å²) in [6, 6.07) is 14.3. The summed E-state index contributed by atoms with van der Waals surface area (Å²) >= 11 is 0. The summed E-state index contributed by atoms with van der Waals surface area (Å²) in [5.74, 6) is 0.620. The van der Waals surface area contributed by atoms with E-state index in [1.54, 1.807) is 31.4 Å². The third-order valence-electron chi connectivity index (χ3n) is 3.29. The molecule has 0 spiro atoms. The number of anilines is 1. The molecule has 0 bridgehead atoms. The van der Waals surface area contributed by atoms with Crippen LogP contribution in [0.2, 0.25) is 0 Å². The SMILES string of the molecule is COCCOc1ccc(NS(=O)(=O)Cc2ccccc2C)cc1. The van der Waals surface area contributed by atoms with E-state index >= 15 is 0 Å². The van der Waals surface area contributed by atoms with E-state index in [2.05, 4.69) is 4.72 Å². The average molecular weight is 335 g/mol. The predicted octanol–water partition coefficient (Wildman–Crippen LogP) is 2.96.